The highest BCUT2D eigenvalue weighted by Gasteiger charge is 2.47. The van der Waals surface area contributed by atoms with Crippen molar-refractivity contribution in [3.8, 4) is 0 Å². The number of rotatable bonds is 2. The summed E-state index contributed by atoms with van der Waals surface area (Å²) in [5.74, 6) is 1.55. The third-order valence-corrected chi connectivity index (χ3v) is 5.57. The molecule has 25 heavy (non-hydrogen) atoms. The van der Waals surface area contributed by atoms with Crippen LogP contribution in [0, 0.1) is 0 Å². The molecule has 1 fully saturated rings. The maximum absolute atomic E-state index is 13.0. The summed E-state index contributed by atoms with van der Waals surface area (Å²) in [5, 5.41) is 0. The van der Waals surface area contributed by atoms with Crippen molar-refractivity contribution in [2.24, 2.45) is 4.99 Å². The van der Waals surface area contributed by atoms with E-state index in [0.29, 0.717) is 24.3 Å². The Bertz CT molecular complexity index is 856. The van der Waals surface area contributed by atoms with Gasteiger partial charge in [0.15, 0.2) is 11.5 Å². The largest absolute Gasteiger partial charge is 0.320 e. The van der Waals surface area contributed by atoms with Crippen LogP contribution in [0.5, 0.6) is 0 Å². The summed E-state index contributed by atoms with van der Waals surface area (Å²) < 4.78 is 1.97. The Morgan fingerprint density at radius 1 is 1.16 bits per heavy atom. The number of carbonyl (C=O) groups excluding carboxylic acids is 1. The van der Waals surface area contributed by atoms with Gasteiger partial charge in [0.05, 0.1) is 18.4 Å². The highest BCUT2D eigenvalue weighted by Crippen LogP contribution is 2.38. The SMILES string of the molecule is CN1C(=O)c2c(ncn2Cc2ccccc2)N2C1=NC1CCCCC12. The summed E-state index contributed by atoms with van der Waals surface area (Å²) in [4.78, 5) is 26.4. The van der Waals surface area contributed by atoms with Crippen LogP contribution >= 0.6 is 0 Å². The highest BCUT2D eigenvalue weighted by atomic mass is 16.2. The average molecular weight is 335 g/mol. The maximum Gasteiger partial charge on any atom is 0.280 e. The Labute approximate surface area is 146 Å². The molecule has 3 aliphatic rings. The van der Waals surface area contributed by atoms with E-state index < -0.39 is 0 Å². The van der Waals surface area contributed by atoms with Gasteiger partial charge in [0.1, 0.15) is 0 Å². The molecule has 1 aromatic heterocycles. The number of guanidine groups is 1. The molecule has 3 heterocycles. The van der Waals surface area contributed by atoms with Crippen LogP contribution in [0.15, 0.2) is 41.7 Å². The molecule has 0 bridgehead atoms. The summed E-state index contributed by atoms with van der Waals surface area (Å²) >= 11 is 0. The van der Waals surface area contributed by atoms with Gasteiger partial charge < -0.3 is 4.57 Å². The molecule has 1 aromatic carbocycles. The molecule has 1 amide bonds. The predicted octanol–water partition coefficient (Wildman–Crippen LogP) is 2.50. The molecule has 2 atom stereocenters. The van der Waals surface area contributed by atoms with Crippen LogP contribution < -0.4 is 4.90 Å². The van der Waals surface area contributed by atoms with Crippen LogP contribution in [-0.4, -0.2) is 45.4 Å². The molecule has 0 radical (unpaired) electrons. The second-order valence-electron chi connectivity index (χ2n) is 7.11. The van der Waals surface area contributed by atoms with E-state index in [1.807, 2.05) is 29.8 Å². The fraction of sp³-hybridized carbons (Fsp3) is 0.421. The zero-order valence-electron chi connectivity index (χ0n) is 14.3. The molecule has 5 rings (SSSR count). The average Bonchev–Trinajstić information content (AvgIpc) is 3.22. The third-order valence-electron chi connectivity index (χ3n) is 5.57. The van der Waals surface area contributed by atoms with Gasteiger partial charge in [-0.3, -0.25) is 14.6 Å². The first-order valence-electron chi connectivity index (χ1n) is 8.98. The smallest absolute Gasteiger partial charge is 0.280 e. The van der Waals surface area contributed by atoms with E-state index in [1.54, 1.807) is 11.2 Å². The fourth-order valence-corrected chi connectivity index (χ4v) is 4.32. The van der Waals surface area contributed by atoms with Crippen LogP contribution in [0.1, 0.15) is 41.7 Å². The number of carbonyl (C=O) groups is 1. The van der Waals surface area contributed by atoms with Crippen LogP contribution in [0.4, 0.5) is 5.82 Å². The van der Waals surface area contributed by atoms with Gasteiger partial charge in [-0.2, -0.15) is 0 Å². The topological polar surface area (TPSA) is 53.7 Å². The zero-order chi connectivity index (χ0) is 17.0. The lowest BCUT2D eigenvalue weighted by atomic mass is 9.90. The molecular weight excluding hydrogens is 314 g/mol. The summed E-state index contributed by atoms with van der Waals surface area (Å²) in [7, 11) is 1.83. The van der Waals surface area contributed by atoms with Crippen molar-refractivity contribution in [2.45, 2.75) is 44.3 Å². The molecule has 2 aliphatic heterocycles. The Hall–Kier alpha value is -2.63. The second kappa shape index (κ2) is 5.44. The lowest BCUT2D eigenvalue weighted by Gasteiger charge is -2.36. The Morgan fingerprint density at radius 2 is 1.96 bits per heavy atom. The molecule has 0 spiro atoms. The number of aromatic nitrogens is 2. The fourth-order valence-electron chi connectivity index (χ4n) is 4.32. The second-order valence-corrected chi connectivity index (χ2v) is 7.11. The van der Waals surface area contributed by atoms with E-state index in [2.05, 4.69) is 22.0 Å². The van der Waals surface area contributed by atoms with Gasteiger partial charge in [-0.05, 0) is 18.4 Å². The van der Waals surface area contributed by atoms with Crippen molar-refractivity contribution >= 4 is 17.7 Å². The van der Waals surface area contributed by atoms with Crippen LogP contribution in [-0.2, 0) is 6.54 Å². The van der Waals surface area contributed by atoms with Gasteiger partial charge in [0.25, 0.3) is 5.91 Å². The number of imidazole rings is 1. The number of fused-ring (bicyclic) bond motifs is 5. The molecule has 128 valence electrons. The number of amides is 1. The lowest BCUT2D eigenvalue weighted by molar-refractivity contribution is 0.0855. The van der Waals surface area contributed by atoms with E-state index in [4.69, 9.17) is 4.99 Å². The van der Waals surface area contributed by atoms with Crippen molar-refractivity contribution < 1.29 is 4.79 Å². The standard InChI is InChI=1S/C19H21N5O/c1-22-18(25)16-17(20-12-23(16)11-13-7-3-2-4-8-13)24-15-10-6-5-9-14(15)21-19(22)24/h2-4,7-8,12,14-15H,5-6,9-11H2,1H3. The van der Waals surface area contributed by atoms with Gasteiger partial charge >= 0.3 is 0 Å². The monoisotopic (exact) mass is 335 g/mol. The van der Waals surface area contributed by atoms with Crippen molar-refractivity contribution in [1.82, 2.24) is 14.5 Å². The van der Waals surface area contributed by atoms with E-state index in [9.17, 15) is 4.79 Å². The molecule has 1 saturated carbocycles. The molecule has 0 saturated heterocycles. The Balaban J connectivity index is 1.57. The summed E-state index contributed by atoms with van der Waals surface area (Å²) in [5.41, 5.74) is 1.84. The van der Waals surface area contributed by atoms with Gasteiger partial charge in [-0.25, -0.2) is 9.98 Å². The number of benzene rings is 1. The number of nitrogens with zero attached hydrogens (tertiary/aromatic N) is 5. The van der Waals surface area contributed by atoms with Crippen LogP contribution in [0.2, 0.25) is 0 Å². The van der Waals surface area contributed by atoms with Crippen molar-refractivity contribution in [3.63, 3.8) is 0 Å². The van der Waals surface area contributed by atoms with Gasteiger partial charge in [-0.1, -0.05) is 43.2 Å². The molecular formula is C19H21N5O. The van der Waals surface area contributed by atoms with Crippen LogP contribution in [0.25, 0.3) is 0 Å². The first-order chi connectivity index (χ1) is 12.2. The maximum atomic E-state index is 13.0. The summed E-state index contributed by atoms with van der Waals surface area (Å²) in [6.45, 7) is 0.650. The van der Waals surface area contributed by atoms with E-state index >= 15 is 0 Å². The predicted molar refractivity (Wildman–Crippen MR) is 95.8 cm³/mol. The van der Waals surface area contributed by atoms with Gasteiger partial charge in [0, 0.05) is 13.6 Å². The van der Waals surface area contributed by atoms with Gasteiger partial charge in [-0.15, -0.1) is 0 Å². The molecule has 6 heteroatoms. The quantitative estimate of drug-likeness (QED) is 0.847. The van der Waals surface area contributed by atoms with Crippen LogP contribution in [0.3, 0.4) is 0 Å². The summed E-state index contributed by atoms with van der Waals surface area (Å²) in [6, 6.07) is 10.8. The number of anilines is 1. The van der Waals surface area contributed by atoms with Crippen molar-refractivity contribution in [2.75, 3.05) is 11.9 Å². The minimum Gasteiger partial charge on any atom is -0.320 e. The first-order valence-corrected chi connectivity index (χ1v) is 8.98. The molecule has 1 aliphatic carbocycles. The summed E-state index contributed by atoms with van der Waals surface area (Å²) in [6.07, 6.45) is 6.46. The van der Waals surface area contributed by atoms with E-state index in [-0.39, 0.29) is 5.91 Å². The van der Waals surface area contributed by atoms with Gasteiger partial charge in [0.2, 0.25) is 5.96 Å². The minimum atomic E-state index is -0.0166. The third kappa shape index (κ3) is 2.13. The Kier molecular flexibility index (Phi) is 3.20. The highest BCUT2D eigenvalue weighted by molar-refractivity contribution is 6.18. The van der Waals surface area contributed by atoms with E-state index in [1.165, 1.54) is 12.8 Å². The van der Waals surface area contributed by atoms with Crippen molar-refractivity contribution in [1.29, 1.82) is 0 Å². The van der Waals surface area contributed by atoms with Crippen molar-refractivity contribution in [3.05, 3.63) is 47.9 Å². The number of aliphatic imine (C=N–C) groups is 1. The number of hydrogen-bond donors (Lipinski definition) is 0. The molecule has 2 unspecified atom stereocenters. The Morgan fingerprint density at radius 3 is 2.80 bits per heavy atom. The molecule has 2 aromatic rings. The number of hydrogen-bond acceptors (Lipinski definition) is 4. The first kappa shape index (κ1) is 14.7. The molecule has 6 nitrogen and oxygen atoms in total. The normalized spacial score (nSPS) is 24.7. The lowest BCUT2D eigenvalue weighted by Crippen LogP contribution is -2.52. The molecule has 0 N–H and O–H groups in total. The zero-order valence-corrected chi connectivity index (χ0v) is 14.3. The minimum absolute atomic E-state index is 0.0166. The van der Waals surface area contributed by atoms with E-state index in [0.717, 1.165) is 30.2 Å².